The Morgan fingerprint density at radius 3 is 2.41 bits per heavy atom. The van der Waals surface area contributed by atoms with Gasteiger partial charge >= 0.3 is 5.97 Å². The van der Waals surface area contributed by atoms with E-state index in [1.807, 2.05) is 37.3 Å². The number of hydrogen-bond donors (Lipinski definition) is 2. The molecule has 2 N–H and O–H groups in total. The summed E-state index contributed by atoms with van der Waals surface area (Å²) in [5, 5.41) is 12.3. The van der Waals surface area contributed by atoms with Gasteiger partial charge in [-0.05, 0) is 24.6 Å². The number of nitrogens with one attached hydrogen (secondary N) is 1. The molecule has 5 nitrogen and oxygen atoms in total. The third kappa shape index (κ3) is 4.09. The molecule has 0 heterocycles. The first-order valence-corrected chi connectivity index (χ1v) is 6.87. The zero-order valence-corrected chi connectivity index (χ0v) is 12.2. The number of benzene rings is 2. The van der Waals surface area contributed by atoms with E-state index in [0.717, 1.165) is 5.56 Å². The first-order chi connectivity index (χ1) is 10.6. The van der Waals surface area contributed by atoms with Crippen LogP contribution in [0.2, 0.25) is 0 Å². The van der Waals surface area contributed by atoms with Crippen molar-refractivity contribution in [3.8, 4) is 5.75 Å². The molecule has 0 spiro atoms. The molecule has 0 bridgehead atoms. The van der Waals surface area contributed by atoms with Gasteiger partial charge in [-0.2, -0.15) is 0 Å². The molecule has 0 radical (unpaired) electrons. The van der Waals surface area contributed by atoms with Crippen LogP contribution in [0.5, 0.6) is 5.75 Å². The van der Waals surface area contributed by atoms with Gasteiger partial charge in [-0.25, -0.2) is 4.79 Å². The van der Waals surface area contributed by atoms with Crippen LogP contribution in [0.1, 0.15) is 28.9 Å². The normalized spacial score (nSPS) is 11.5. The highest BCUT2D eigenvalue weighted by Crippen LogP contribution is 2.16. The van der Waals surface area contributed by atoms with E-state index in [9.17, 15) is 14.7 Å². The summed E-state index contributed by atoms with van der Waals surface area (Å²) >= 11 is 0. The summed E-state index contributed by atoms with van der Waals surface area (Å²) in [4.78, 5) is 23.6. The molecule has 2 aromatic carbocycles. The minimum atomic E-state index is -0.736. The van der Waals surface area contributed by atoms with Gasteiger partial charge in [0, 0.05) is 0 Å². The lowest BCUT2D eigenvalue weighted by atomic mass is 10.1. The van der Waals surface area contributed by atoms with E-state index in [1.54, 1.807) is 12.1 Å². The highest BCUT2D eigenvalue weighted by Gasteiger charge is 2.15. The second-order valence-electron chi connectivity index (χ2n) is 4.79. The lowest BCUT2D eigenvalue weighted by molar-refractivity contribution is -0.124. The van der Waals surface area contributed by atoms with Crippen molar-refractivity contribution >= 4 is 11.9 Å². The van der Waals surface area contributed by atoms with Crippen LogP contribution in [-0.4, -0.2) is 23.6 Å². The molecule has 0 aliphatic heterocycles. The van der Waals surface area contributed by atoms with E-state index >= 15 is 0 Å². The van der Waals surface area contributed by atoms with Crippen molar-refractivity contribution in [2.24, 2.45) is 0 Å². The summed E-state index contributed by atoms with van der Waals surface area (Å²) in [6.07, 6.45) is 0. The number of amides is 1. The number of ether oxygens (including phenoxy) is 1. The smallest absolute Gasteiger partial charge is 0.342 e. The van der Waals surface area contributed by atoms with Gasteiger partial charge in [0.2, 0.25) is 0 Å². The first kappa shape index (κ1) is 15.6. The van der Waals surface area contributed by atoms with Crippen LogP contribution in [0.15, 0.2) is 54.6 Å². The molecule has 0 aliphatic rings. The number of carbonyl (C=O) groups is 2. The number of esters is 1. The van der Waals surface area contributed by atoms with Gasteiger partial charge in [-0.3, -0.25) is 4.79 Å². The number of phenolic OH excluding ortho intramolecular Hbond substituents is 1. The SMILES string of the molecule is C[C@H](NC(=O)COC(=O)c1ccccc1O)c1ccccc1. The van der Waals surface area contributed by atoms with Crippen molar-refractivity contribution in [3.63, 3.8) is 0 Å². The molecule has 5 heteroatoms. The summed E-state index contributed by atoms with van der Waals surface area (Å²) in [5.74, 6) is -1.31. The van der Waals surface area contributed by atoms with Gasteiger partial charge in [0.05, 0.1) is 6.04 Å². The molecule has 0 aliphatic carbocycles. The summed E-state index contributed by atoms with van der Waals surface area (Å²) in [7, 11) is 0. The summed E-state index contributed by atoms with van der Waals surface area (Å²) in [5.41, 5.74) is 0.995. The molecule has 0 fully saturated rings. The molecule has 2 aromatic rings. The van der Waals surface area contributed by atoms with Crippen LogP contribution in [-0.2, 0) is 9.53 Å². The molecule has 114 valence electrons. The van der Waals surface area contributed by atoms with Gasteiger partial charge in [0.1, 0.15) is 11.3 Å². The quantitative estimate of drug-likeness (QED) is 0.831. The third-order valence-corrected chi connectivity index (χ3v) is 3.14. The van der Waals surface area contributed by atoms with Gasteiger partial charge in [0.15, 0.2) is 6.61 Å². The fourth-order valence-corrected chi connectivity index (χ4v) is 1.96. The van der Waals surface area contributed by atoms with Crippen molar-refractivity contribution in [2.75, 3.05) is 6.61 Å². The second-order valence-corrected chi connectivity index (χ2v) is 4.79. The minimum Gasteiger partial charge on any atom is -0.507 e. The number of para-hydroxylation sites is 1. The van der Waals surface area contributed by atoms with Gasteiger partial charge in [-0.1, -0.05) is 42.5 Å². The first-order valence-electron chi connectivity index (χ1n) is 6.87. The zero-order valence-electron chi connectivity index (χ0n) is 12.2. The molecule has 0 saturated carbocycles. The number of hydrogen-bond acceptors (Lipinski definition) is 4. The van der Waals surface area contributed by atoms with Gasteiger partial charge in [0.25, 0.3) is 5.91 Å². The van der Waals surface area contributed by atoms with Crippen LogP contribution < -0.4 is 5.32 Å². The summed E-state index contributed by atoms with van der Waals surface area (Å²) in [6, 6.07) is 15.3. The Morgan fingerprint density at radius 2 is 1.73 bits per heavy atom. The fraction of sp³-hybridized carbons (Fsp3) is 0.176. The number of phenols is 1. The van der Waals surface area contributed by atoms with Crippen molar-refractivity contribution in [3.05, 3.63) is 65.7 Å². The Hall–Kier alpha value is -2.82. The molecule has 0 unspecified atom stereocenters. The molecule has 0 aromatic heterocycles. The average molecular weight is 299 g/mol. The van der Waals surface area contributed by atoms with E-state index in [2.05, 4.69) is 5.32 Å². The standard InChI is InChI=1S/C17H17NO4/c1-12(13-7-3-2-4-8-13)18-16(20)11-22-17(21)14-9-5-6-10-15(14)19/h2-10,12,19H,11H2,1H3,(H,18,20)/t12-/m0/s1. The van der Waals surface area contributed by atoms with Crippen LogP contribution in [0.4, 0.5) is 0 Å². The number of aromatic hydroxyl groups is 1. The number of rotatable bonds is 5. The summed E-state index contributed by atoms with van der Waals surface area (Å²) < 4.78 is 4.90. The van der Waals surface area contributed by atoms with Crippen molar-refractivity contribution in [1.82, 2.24) is 5.32 Å². The molecule has 22 heavy (non-hydrogen) atoms. The predicted molar refractivity (Wildman–Crippen MR) is 81.4 cm³/mol. The van der Waals surface area contributed by atoms with Gasteiger partial charge in [-0.15, -0.1) is 0 Å². The molecule has 0 saturated heterocycles. The Labute approximate surface area is 128 Å². The largest absolute Gasteiger partial charge is 0.507 e. The molecular weight excluding hydrogens is 282 g/mol. The Balaban J connectivity index is 1.85. The van der Waals surface area contributed by atoms with E-state index < -0.39 is 18.5 Å². The topological polar surface area (TPSA) is 75.6 Å². The van der Waals surface area contributed by atoms with Crippen molar-refractivity contribution in [2.45, 2.75) is 13.0 Å². The lowest BCUT2D eigenvalue weighted by Gasteiger charge is -2.14. The molecular formula is C17H17NO4. The zero-order chi connectivity index (χ0) is 15.9. The Morgan fingerprint density at radius 1 is 1.09 bits per heavy atom. The maximum absolute atomic E-state index is 11.8. The Kier molecular flexibility index (Phi) is 5.14. The van der Waals surface area contributed by atoms with Crippen molar-refractivity contribution in [1.29, 1.82) is 0 Å². The third-order valence-electron chi connectivity index (χ3n) is 3.14. The van der Waals surface area contributed by atoms with Crippen molar-refractivity contribution < 1.29 is 19.4 Å². The lowest BCUT2D eigenvalue weighted by Crippen LogP contribution is -2.31. The second kappa shape index (κ2) is 7.26. The van der Waals surface area contributed by atoms with Gasteiger partial charge < -0.3 is 15.2 Å². The average Bonchev–Trinajstić information content (AvgIpc) is 2.54. The maximum Gasteiger partial charge on any atom is 0.342 e. The van der Waals surface area contributed by atoms with Crippen LogP contribution in [0, 0.1) is 0 Å². The van der Waals surface area contributed by atoms with E-state index in [1.165, 1.54) is 12.1 Å². The fourth-order valence-electron chi connectivity index (χ4n) is 1.96. The highest BCUT2D eigenvalue weighted by molar-refractivity contribution is 5.93. The van der Waals surface area contributed by atoms with Crippen LogP contribution in [0.3, 0.4) is 0 Å². The van der Waals surface area contributed by atoms with E-state index in [0.29, 0.717) is 0 Å². The van der Waals surface area contributed by atoms with E-state index in [4.69, 9.17) is 4.74 Å². The maximum atomic E-state index is 11.8. The van der Waals surface area contributed by atoms with Crippen LogP contribution >= 0.6 is 0 Å². The van der Waals surface area contributed by atoms with Crippen LogP contribution in [0.25, 0.3) is 0 Å². The minimum absolute atomic E-state index is 0.0337. The Bertz CT molecular complexity index is 655. The predicted octanol–water partition coefficient (Wildman–Crippen LogP) is 2.43. The highest BCUT2D eigenvalue weighted by atomic mass is 16.5. The molecule has 2 rings (SSSR count). The number of carbonyl (C=O) groups excluding carboxylic acids is 2. The summed E-state index contributed by atoms with van der Waals surface area (Å²) in [6.45, 7) is 1.45. The molecule has 1 atom stereocenters. The molecule has 1 amide bonds. The monoisotopic (exact) mass is 299 g/mol. The van der Waals surface area contributed by atoms with E-state index in [-0.39, 0.29) is 17.4 Å².